The highest BCUT2D eigenvalue weighted by Crippen LogP contribution is 2.36. The average molecular weight is 292 g/mol. The normalized spacial score (nSPS) is 23.3. The van der Waals surface area contributed by atoms with Crippen molar-refractivity contribution < 1.29 is 4.39 Å². The Morgan fingerprint density at radius 2 is 2.05 bits per heavy atom. The minimum Gasteiger partial charge on any atom is -0.330 e. The van der Waals surface area contributed by atoms with Gasteiger partial charge in [-0.3, -0.25) is 0 Å². The van der Waals surface area contributed by atoms with Crippen LogP contribution in [0.25, 0.3) is 11.0 Å². The van der Waals surface area contributed by atoms with Crippen LogP contribution in [0, 0.1) is 16.5 Å². The van der Waals surface area contributed by atoms with Crippen LogP contribution >= 0.6 is 12.2 Å². The molecule has 2 nitrogen and oxygen atoms in total. The van der Waals surface area contributed by atoms with E-state index in [1.54, 1.807) is 0 Å². The summed E-state index contributed by atoms with van der Waals surface area (Å²) in [6.07, 6.45) is 7.56. The Hall–Kier alpha value is -1.16. The van der Waals surface area contributed by atoms with Crippen LogP contribution in [0.1, 0.15) is 51.5 Å². The van der Waals surface area contributed by atoms with E-state index in [2.05, 4.69) is 16.5 Å². The zero-order valence-corrected chi connectivity index (χ0v) is 12.7. The van der Waals surface area contributed by atoms with E-state index in [9.17, 15) is 4.39 Å². The quantitative estimate of drug-likeness (QED) is 0.754. The minimum atomic E-state index is -0.215. The van der Waals surface area contributed by atoms with Crippen LogP contribution in [0.3, 0.4) is 0 Å². The summed E-state index contributed by atoms with van der Waals surface area (Å²) in [6, 6.07) is 5.36. The van der Waals surface area contributed by atoms with Gasteiger partial charge in [0.2, 0.25) is 0 Å². The molecule has 1 fully saturated rings. The van der Waals surface area contributed by atoms with E-state index in [1.807, 2.05) is 6.07 Å². The van der Waals surface area contributed by atoms with Crippen molar-refractivity contribution in [1.82, 2.24) is 9.55 Å². The van der Waals surface area contributed by atoms with Gasteiger partial charge in [-0.05, 0) is 62.0 Å². The third kappa shape index (κ3) is 2.53. The number of rotatable bonds is 3. The maximum Gasteiger partial charge on any atom is 0.178 e. The van der Waals surface area contributed by atoms with E-state index in [4.69, 9.17) is 12.2 Å². The number of nitrogens with zero attached hydrogens (tertiary/aromatic N) is 1. The first-order valence-corrected chi connectivity index (χ1v) is 7.99. The van der Waals surface area contributed by atoms with Crippen molar-refractivity contribution >= 4 is 23.3 Å². The summed E-state index contributed by atoms with van der Waals surface area (Å²) in [5, 5.41) is 0. The topological polar surface area (TPSA) is 20.7 Å². The number of H-pyrrole nitrogens is 1. The van der Waals surface area contributed by atoms with Crippen LogP contribution in [-0.4, -0.2) is 9.55 Å². The molecule has 4 heteroatoms. The van der Waals surface area contributed by atoms with Gasteiger partial charge in [-0.2, -0.15) is 0 Å². The maximum atomic E-state index is 13.3. The zero-order chi connectivity index (χ0) is 14.1. The maximum absolute atomic E-state index is 13.3. The Kier molecular flexibility index (Phi) is 3.92. The molecule has 0 unspecified atom stereocenters. The molecule has 1 aromatic carbocycles. The number of aromatic nitrogens is 2. The fraction of sp³-hybridized carbons (Fsp3) is 0.562. The van der Waals surface area contributed by atoms with Gasteiger partial charge in [0, 0.05) is 6.04 Å². The molecule has 0 radical (unpaired) electrons. The van der Waals surface area contributed by atoms with Crippen LogP contribution in [0.4, 0.5) is 4.39 Å². The number of halogens is 1. The molecule has 0 amide bonds. The Balaban J connectivity index is 1.88. The third-order valence-electron chi connectivity index (χ3n) is 4.56. The lowest BCUT2D eigenvalue weighted by atomic mass is 9.83. The van der Waals surface area contributed by atoms with Gasteiger partial charge in [0.05, 0.1) is 11.0 Å². The van der Waals surface area contributed by atoms with Gasteiger partial charge in [0.25, 0.3) is 0 Å². The van der Waals surface area contributed by atoms with E-state index in [0.717, 1.165) is 21.7 Å². The first-order chi connectivity index (χ1) is 9.69. The van der Waals surface area contributed by atoms with Gasteiger partial charge in [-0.25, -0.2) is 4.39 Å². The second-order valence-corrected chi connectivity index (χ2v) is 6.31. The van der Waals surface area contributed by atoms with Gasteiger partial charge in [0.15, 0.2) is 4.77 Å². The van der Waals surface area contributed by atoms with Crippen molar-refractivity contribution in [3.05, 3.63) is 28.8 Å². The van der Waals surface area contributed by atoms with Crippen LogP contribution in [0.5, 0.6) is 0 Å². The number of hydrogen-bond donors (Lipinski definition) is 1. The van der Waals surface area contributed by atoms with Gasteiger partial charge in [-0.1, -0.05) is 19.8 Å². The number of benzene rings is 1. The summed E-state index contributed by atoms with van der Waals surface area (Å²) in [7, 11) is 0. The largest absolute Gasteiger partial charge is 0.330 e. The molecular weight excluding hydrogens is 271 g/mol. The number of aromatic amines is 1. The van der Waals surface area contributed by atoms with Crippen LogP contribution in [-0.2, 0) is 0 Å². The standard InChI is InChI=1S/C16H21FN2S/c1-2-3-11-4-7-13(8-5-11)19-15-9-6-12(17)10-14(15)18-16(19)20/h6,9-11,13H,2-5,7-8H2,1H3,(H,18,20). The molecule has 1 aliphatic rings. The molecule has 0 aliphatic heterocycles. The van der Waals surface area contributed by atoms with Crippen molar-refractivity contribution in [2.24, 2.45) is 5.92 Å². The minimum absolute atomic E-state index is 0.215. The van der Waals surface area contributed by atoms with Crippen molar-refractivity contribution in [2.45, 2.75) is 51.5 Å². The van der Waals surface area contributed by atoms with E-state index in [1.165, 1.54) is 50.7 Å². The molecule has 1 saturated carbocycles. The van der Waals surface area contributed by atoms with E-state index < -0.39 is 0 Å². The van der Waals surface area contributed by atoms with E-state index in [-0.39, 0.29) is 5.82 Å². The molecule has 0 atom stereocenters. The Morgan fingerprint density at radius 3 is 2.75 bits per heavy atom. The van der Waals surface area contributed by atoms with Crippen molar-refractivity contribution in [3.8, 4) is 0 Å². The SMILES string of the molecule is CCCC1CCC(n2c(=S)[nH]c3cc(F)ccc32)CC1. The number of imidazole rings is 1. The second kappa shape index (κ2) is 5.68. The van der Waals surface area contributed by atoms with Crippen LogP contribution < -0.4 is 0 Å². The van der Waals surface area contributed by atoms with E-state index in [0.29, 0.717) is 6.04 Å². The molecule has 0 spiro atoms. The fourth-order valence-electron chi connectivity index (χ4n) is 3.57. The average Bonchev–Trinajstić information content (AvgIpc) is 2.75. The highest BCUT2D eigenvalue weighted by molar-refractivity contribution is 7.71. The summed E-state index contributed by atoms with van der Waals surface area (Å²) in [5.41, 5.74) is 1.85. The lowest BCUT2D eigenvalue weighted by molar-refractivity contribution is 0.264. The Bertz CT molecular complexity index is 650. The predicted molar refractivity (Wildman–Crippen MR) is 83.0 cm³/mol. The summed E-state index contributed by atoms with van der Waals surface area (Å²) in [6.45, 7) is 2.26. The molecule has 1 heterocycles. The predicted octanol–water partition coefficient (Wildman–Crippen LogP) is 5.37. The number of hydrogen-bond acceptors (Lipinski definition) is 1. The summed E-state index contributed by atoms with van der Waals surface area (Å²) in [5.74, 6) is 0.667. The van der Waals surface area contributed by atoms with Gasteiger partial charge in [0.1, 0.15) is 5.82 Å². The highest BCUT2D eigenvalue weighted by Gasteiger charge is 2.23. The fourth-order valence-corrected chi connectivity index (χ4v) is 3.92. The summed E-state index contributed by atoms with van der Waals surface area (Å²) in [4.78, 5) is 3.14. The van der Waals surface area contributed by atoms with E-state index >= 15 is 0 Å². The molecule has 2 aromatic rings. The van der Waals surface area contributed by atoms with Crippen LogP contribution in [0.2, 0.25) is 0 Å². The molecule has 1 N–H and O–H groups in total. The third-order valence-corrected chi connectivity index (χ3v) is 4.86. The molecule has 0 bridgehead atoms. The Labute approximate surface area is 124 Å². The highest BCUT2D eigenvalue weighted by atomic mass is 32.1. The molecule has 20 heavy (non-hydrogen) atoms. The second-order valence-electron chi connectivity index (χ2n) is 5.92. The van der Waals surface area contributed by atoms with Gasteiger partial charge >= 0.3 is 0 Å². The van der Waals surface area contributed by atoms with Crippen molar-refractivity contribution in [1.29, 1.82) is 0 Å². The zero-order valence-electron chi connectivity index (χ0n) is 11.9. The first-order valence-electron chi connectivity index (χ1n) is 7.58. The van der Waals surface area contributed by atoms with Gasteiger partial charge in [-0.15, -0.1) is 0 Å². The molecule has 1 aliphatic carbocycles. The first kappa shape index (κ1) is 13.8. The van der Waals surface area contributed by atoms with Crippen molar-refractivity contribution in [3.63, 3.8) is 0 Å². The molecule has 3 rings (SSSR count). The van der Waals surface area contributed by atoms with Gasteiger partial charge < -0.3 is 9.55 Å². The molecular formula is C16H21FN2S. The smallest absolute Gasteiger partial charge is 0.178 e. The number of fused-ring (bicyclic) bond motifs is 1. The summed E-state index contributed by atoms with van der Waals surface area (Å²) < 4.78 is 16.2. The number of nitrogens with one attached hydrogen (secondary N) is 1. The summed E-state index contributed by atoms with van der Waals surface area (Å²) >= 11 is 5.44. The lowest BCUT2D eigenvalue weighted by Gasteiger charge is -2.29. The molecule has 1 aromatic heterocycles. The monoisotopic (exact) mass is 292 g/mol. The Morgan fingerprint density at radius 1 is 1.30 bits per heavy atom. The molecule has 108 valence electrons. The van der Waals surface area contributed by atoms with Crippen molar-refractivity contribution in [2.75, 3.05) is 0 Å². The molecule has 0 saturated heterocycles. The van der Waals surface area contributed by atoms with Crippen LogP contribution in [0.15, 0.2) is 18.2 Å². The lowest BCUT2D eigenvalue weighted by Crippen LogP contribution is -2.18.